The number of rotatable bonds is 10. The maximum atomic E-state index is 12.9. The molecule has 0 unspecified atom stereocenters. The van der Waals surface area contributed by atoms with Crippen LogP contribution in [-0.4, -0.2) is 42.5 Å². The zero-order chi connectivity index (χ0) is 26.3. The van der Waals surface area contributed by atoms with E-state index in [0.717, 1.165) is 22.3 Å². The first-order valence-corrected chi connectivity index (χ1v) is 14.6. The number of aryl methyl sites for hydroxylation is 3. The molecule has 3 aromatic rings. The molecule has 0 saturated heterocycles. The van der Waals surface area contributed by atoms with Gasteiger partial charge in [0.15, 0.2) is 0 Å². The van der Waals surface area contributed by atoms with Crippen LogP contribution in [0.1, 0.15) is 48.5 Å². The highest BCUT2D eigenvalue weighted by Gasteiger charge is 2.19. The molecule has 11 heteroatoms. The summed E-state index contributed by atoms with van der Waals surface area (Å²) in [6, 6.07) is 12.8. The number of anilines is 1. The molecule has 0 aliphatic heterocycles. The summed E-state index contributed by atoms with van der Waals surface area (Å²) in [7, 11) is -3.99. The van der Waals surface area contributed by atoms with Gasteiger partial charge in [0.05, 0.1) is 17.5 Å². The summed E-state index contributed by atoms with van der Waals surface area (Å²) in [4.78, 5) is 25.7. The largest absolute Gasteiger partial charge is 0.313 e. The van der Waals surface area contributed by atoms with Crippen molar-refractivity contribution in [3.63, 3.8) is 0 Å². The number of thioether (sulfide) groups is 1. The van der Waals surface area contributed by atoms with Crippen LogP contribution in [0.15, 0.2) is 52.9 Å². The molecule has 1 aromatic heterocycles. The number of hydrazone groups is 1. The second-order valence-corrected chi connectivity index (χ2v) is 11.7. The van der Waals surface area contributed by atoms with Crippen LogP contribution in [0.3, 0.4) is 0 Å². The lowest BCUT2D eigenvalue weighted by Gasteiger charge is -2.08. The lowest BCUT2D eigenvalue weighted by atomic mass is 10.1. The molecule has 0 atom stereocenters. The van der Waals surface area contributed by atoms with Gasteiger partial charge >= 0.3 is 0 Å². The summed E-state index contributed by atoms with van der Waals surface area (Å²) in [6.07, 6.45) is 1.57. The molecule has 36 heavy (non-hydrogen) atoms. The molecular weight excluding hydrogens is 518 g/mol. The number of nitrogens with zero attached hydrogens (tertiary/aromatic N) is 1. The Balaban J connectivity index is 1.64. The Hall–Kier alpha value is -2.99. The quantitative estimate of drug-likeness (QED) is 0.145. The number of benzene rings is 2. The molecule has 3 rings (SSSR count). The summed E-state index contributed by atoms with van der Waals surface area (Å²) in [5.74, 6) is -0.382. The van der Waals surface area contributed by atoms with E-state index in [1.165, 1.54) is 28.7 Å². The van der Waals surface area contributed by atoms with Gasteiger partial charge in [-0.2, -0.15) is 25.3 Å². The molecule has 0 spiro atoms. The second kappa shape index (κ2) is 12.3. The van der Waals surface area contributed by atoms with E-state index in [0.29, 0.717) is 21.9 Å². The number of hydrogen-bond donors (Lipinski definition) is 3. The van der Waals surface area contributed by atoms with Crippen LogP contribution in [0.5, 0.6) is 0 Å². The fourth-order valence-electron chi connectivity index (χ4n) is 3.22. The average Bonchev–Trinajstić information content (AvgIpc) is 3.18. The van der Waals surface area contributed by atoms with Crippen molar-refractivity contribution in [2.24, 2.45) is 5.10 Å². The van der Waals surface area contributed by atoms with Gasteiger partial charge in [-0.25, -0.2) is 5.43 Å². The van der Waals surface area contributed by atoms with Gasteiger partial charge in [-0.3, -0.25) is 14.1 Å². The van der Waals surface area contributed by atoms with E-state index >= 15 is 0 Å². The number of nitrogens with one attached hydrogen (secondary N) is 2. The van der Waals surface area contributed by atoms with Gasteiger partial charge in [0.25, 0.3) is 21.9 Å². The van der Waals surface area contributed by atoms with E-state index in [2.05, 4.69) is 15.8 Å². The molecule has 0 fully saturated rings. The van der Waals surface area contributed by atoms with Crippen molar-refractivity contribution >= 4 is 56.2 Å². The zero-order valence-electron chi connectivity index (χ0n) is 20.1. The topological polar surface area (TPSA) is 125 Å². The van der Waals surface area contributed by atoms with Crippen LogP contribution < -0.4 is 10.7 Å². The first-order chi connectivity index (χ1) is 17.0. The van der Waals surface area contributed by atoms with Crippen LogP contribution in [0, 0.1) is 20.8 Å². The molecule has 1 heterocycles. The fraction of sp³-hybridized carbons (Fsp3) is 0.240. The monoisotopic (exact) mass is 545 g/mol. The summed E-state index contributed by atoms with van der Waals surface area (Å²) < 4.78 is 30.5. The summed E-state index contributed by atoms with van der Waals surface area (Å²) in [6.45, 7) is 5.82. The number of carbonyl (C=O) groups excluding carboxylic acids is 2. The maximum Gasteiger partial charge on any atom is 0.274 e. The van der Waals surface area contributed by atoms with Gasteiger partial charge in [-0.15, -0.1) is 11.3 Å². The number of hydrogen-bond acceptors (Lipinski definition) is 7. The van der Waals surface area contributed by atoms with E-state index in [1.54, 1.807) is 36.7 Å². The van der Waals surface area contributed by atoms with Crippen LogP contribution in [0.2, 0.25) is 0 Å². The average molecular weight is 546 g/mol. The predicted molar refractivity (Wildman–Crippen MR) is 147 cm³/mol. The Bertz CT molecular complexity index is 1400. The number of amides is 2. The summed E-state index contributed by atoms with van der Waals surface area (Å²) in [5.41, 5.74) is 8.02. The first kappa shape index (κ1) is 27.6. The van der Waals surface area contributed by atoms with Crippen LogP contribution in [0.4, 0.5) is 5.00 Å². The Kier molecular flexibility index (Phi) is 9.43. The molecule has 2 amide bonds. The minimum atomic E-state index is -3.99. The smallest absolute Gasteiger partial charge is 0.274 e. The molecule has 190 valence electrons. The van der Waals surface area contributed by atoms with E-state index in [4.69, 9.17) is 4.55 Å². The van der Waals surface area contributed by atoms with E-state index in [1.807, 2.05) is 38.1 Å². The van der Waals surface area contributed by atoms with Gasteiger partial charge in [0.1, 0.15) is 5.00 Å². The lowest BCUT2D eigenvalue weighted by Crippen LogP contribution is -2.21. The summed E-state index contributed by atoms with van der Waals surface area (Å²) in [5, 5.41) is 9.09. The van der Waals surface area contributed by atoms with Gasteiger partial charge in [0, 0.05) is 17.1 Å². The van der Waals surface area contributed by atoms with Crippen molar-refractivity contribution < 1.29 is 22.6 Å². The van der Waals surface area contributed by atoms with Crippen molar-refractivity contribution in [1.29, 1.82) is 0 Å². The Morgan fingerprint density at radius 1 is 1.06 bits per heavy atom. The van der Waals surface area contributed by atoms with E-state index in [9.17, 15) is 18.0 Å². The fourth-order valence-corrected chi connectivity index (χ4v) is 6.03. The third kappa shape index (κ3) is 8.02. The predicted octanol–water partition coefficient (Wildman–Crippen LogP) is 4.81. The van der Waals surface area contributed by atoms with Gasteiger partial charge in [-0.1, -0.05) is 30.3 Å². The second-order valence-electron chi connectivity index (χ2n) is 8.16. The minimum Gasteiger partial charge on any atom is -0.313 e. The highest BCUT2D eigenvalue weighted by Crippen LogP contribution is 2.28. The van der Waals surface area contributed by atoms with E-state index in [-0.39, 0.29) is 17.4 Å². The molecule has 2 aromatic carbocycles. The van der Waals surface area contributed by atoms with Crippen LogP contribution in [-0.2, 0) is 15.9 Å². The first-order valence-electron chi connectivity index (χ1n) is 11.0. The SMILES string of the molecule is Cc1ccc(/C=N/NC(=O)c2c(C)csc2NC(=O)c2cccc(CSCCS(=O)(=O)O)c2)cc1C. The molecule has 0 aliphatic carbocycles. The highest BCUT2D eigenvalue weighted by atomic mass is 32.2. The van der Waals surface area contributed by atoms with Crippen molar-refractivity contribution in [2.45, 2.75) is 26.5 Å². The third-order valence-electron chi connectivity index (χ3n) is 5.28. The van der Waals surface area contributed by atoms with E-state index < -0.39 is 16.0 Å². The molecule has 0 bridgehead atoms. The van der Waals surface area contributed by atoms with Crippen LogP contribution >= 0.6 is 23.1 Å². The minimum absolute atomic E-state index is 0.244. The molecule has 3 N–H and O–H groups in total. The van der Waals surface area contributed by atoms with Gasteiger partial charge < -0.3 is 5.32 Å². The standard InChI is InChI=1S/C25H27N3O5S3/c1-16-7-8-19(11-17(16)2)13-26-28-24(30)22-18(3)14-35-25(22)27-23(29)21-6-4-5-20(12-21)15-34-9-10-36(31,32)33/h4-8,11-14H,9-10,15H2,1-3H3,(H,27,29)(H,28,30)(H,31,32,33)/b26-13+. The van der Waals surface area contributed by atoms with Gasteiger partial charge in [0.2, 0.25) is 0 Å². The molecule has 0 radical (unpaired) electrons. The van der Waals surface area contributed by atoms with Crippen molar-refractivity contribution in [3.05, 3.63) is 86.8 Å². The molecular formula is C25H27N3O5S3. The molecule has 0 saturated carbocycles. The normalized spacial score (nSPS) is 11.6. The number of carbonyl (C=O) groups is 2. The van der Waals surface area contributed by atoms with Crippen molar-refractivity contribution in [2.75, 3.05) is 16.8 Å². The Morgan fingerprint density at radius 2 is 1.83 bits per heavy atom. The zero-order valence-corrected chi connectivity index (χ0v) is 22.5. The Morgan fingerprint density at radius 3 is 2.56 bits per heavy atom. The lowest BCUT2D eigenvalue weighted by molar-refractivity contribution is 0.0956. The Labute approximate surface area is 219 Å². The summed E-state index contributed by atoms with van der Waals surface area (Å²) >= 11 is 2.59. The highest BCUT2D eigenvalue weighted by molar-refractivity contribution is 7.99. The molecule has 8 nitrogen and oxygen atoms in total. The van der Waals surface area contributed by atoms with Crippen LogP contribution in [0.25, 0.3) is 0 Å². The van der Waals surface area contributed by atoms with Crippen molar-refractivity contribution in [3.8, 4) is 0 Å². The number of thiophene rings is 1. The maximum absolute atomic E-state index is 12.9. The molecule has 0 aliphatic rings. The van der Waals surface area contributed by atoms with Gasteiger partial charge in [-0.05, 0) is 66.1 Å². The third-order valence-corrected chi connectivity index (χ3v) is 8.31. The van der Waals surface area contributed by atoms with Crippen molar-refractivity contribution in [1.82, 2.24) is 5.43 Å².